The van der Waals surface area contributed by atoms with Crippen LogP contribution in [0.25, 0.3) is 0 Å². The van der Waals surface area contributed by atoms with Gasteiger partial charge in [0.05, 0.1) is 11.1 Å². The zero-order valence-corrected chi connectivity index (χ0v) is 7.93. The predicted octanol–water partition coefficient (Wildman–Crippen LogP) is 2.29. The summed E-state index contributed by atoms with van der Waals surface area (Å²) in [6, 6.07) is 3.82. The molecule has 1 aromatic carbocycles. The molecule has 0 bridgehead atoms. The molecule has 0 radical (unpaired) electrons. The molecule has 0 atom stereocenters. The zero-order chi connectivity index (χ0) is 11.2. The highest BCUT2D eigenvalue weighted by Gasteiger charge is 2.39. The van der Waals surface area contributed by atoms with Crippen molar-refractivity contribution in [1.82, 2.24) is 4.90 Å². The first-order valence-electron chi connectivity index (χ1n) is 4.36. The maximum atomic E-state index is 12.6. The lowest BCUT2D eigenvalue weighted by atomic mass is 10.0. The molecule has 15 heavy (non-hydrogen) atoms. The molecule has 1 aromatic rings. The molecule has 1 aliphatic heterocycles. The number of benzene rings is 1. The molecule has 0 N–H and O–H groups in total. The second-order valence-electron chi connectivity index (χ2n) is 3.50. The molecule has 2 nitrogen and oxygen atoms in total. The minimum Gasteiger partial charge on any atom is -0.337 e. The van der Waals surface area contributed by atoms with E-state index in [1.807, 2.05) is 0 Å². The lowest BCUT2D eigenvalue weighted by Gasteiger charge is -2.10. The normalized spacial score (nSPS) is 15.7. The van der Waals surface area contributed by atoms with Gasteiger partial charge in [0.1, 0.15) is 0 Å². The highest BCUT2D eigenvalue weighted by atomic mass is 19.4. The largest absolute Gasteiger partial charge is 0.417 e. The lowest BCUT2D eigenvalue weighted by molar-refractivity contribution is -0.137. The Balaban J connectivity index is 2.63. The van der Waals surface area contributed by atoms with Crippen LogP contribution in [0.5, 0.6) is 0 Å². The topological polar surface area (TPSA) is 20.3 Å². The third-order valence-electron chi connectivity index (χ3n) is 2.42. The summed E-state index contributed by atoms with van der Waals surface area (Å²) in [5, 5.41) is 0. The molecular formula is C10H8F3NO. The quantitative estimate of drug-likeness (QED) is 0.650. The van der Waals surface area contributed by atoms with Gasteiger partial charge in [-0.25, -0.2) is 0 Å². The molecular weight excluding hydrogens is 207 g/mol. The molecule has 0 unspecified atom stereocenters. The number of nitrogens with zero attached hydrogens (tertiary/aromatic N) is 1. The van der Waals surface area contributed by atoms with Gasteiger partial charge in [0.2, 0.25) is 0 Å². The number of alkyl halides is 3. The van der Waals surface area contributed by atoms with Crippen molar-refractivity contribution in [2.24, 2.45) is 0 Å². The third-order valence-corrected chi connectivity index (χ3v) is 2.42. The van der Waals surface area contributed by atoms with Crippen LogP contribution in [-0.4, -0.2) is 17.9 Å². The molecule has 0 aromatic heterocycles. The van der Waals surface area contributed by atoms with Crippen molar-refractivity contribution in [2.75, 3.05) is 7.05 Å². The second kappa shape index (κ2) is 2.98. The van der Waals surface area contributed by atoms with Crippen LogP contribution in [0.15, 0.2) is 18.2 Å². The summed E-state index contributed by atoms with van der Waals surface area (Å²) >= 11 is 0. The van der Waals surface area contributed by atoms with Crippen LogP contribution in [0.2, 0.25) is 0 Å². The summed E-state index contributed by atoms with van der Waals surface area (Å²) in [4.78, 5) is 12.8. The Hall–Kier alpha value is -1.52. The van der Waals surface area contributed by atoms with Crippen LogP contribution in [0.1, 0.15) is 21.5 Å². The summed E-state index contributed by atoms with van der Waals surface area (Å²) in [5.41, 5.74) is -0.598. The minimum absolute atomic E-state index is 0.201. The fraction of sp³-hybridized carbons (Fsp3) is 0.300. The van der Waals surface area contributed by atoms with Gasteiger partial charge in [0, 0.05) is 13.6 Å². The van der Waals surface area contributed by atoms with Crippen LogP contribution in [-0.2, 0) is 12.7 Å². The van der Waals surface area contributed by atoms with E-state index in [1.54, 1.807) is 6.07 Å². The van der Waals surface area contributed by atoms with Crippen molar-refractivity contribution >= 4 is 5.91 Å². The second-order valence-corrected chi connectivity index (χ2v) is 3.50. The van der Waals surface area contributed by atoms with Crippen molar-refractivity contribution in [3.05, 3.63) is 34.9 Å². The third kappa shape index (κ3) is 1.48. The SMILES string of the molecule is CN1Cc2cccc(C(F)(F)F)c2C1=O. The van der Waals surface area contributed by atoms with Crippen molar-refractivity contribution in [2.45, 2.75) is 12.7 Å². The maximum Gasteiger partial charge on any atom is 0.417 e. The average Bonchev–Trinajstić information content (AvgIpc) is 2.41. The Bertz CT molecular complexity index is 425. The van der Waals surface area contributed by atoms with Crippen molar-refractivity contribution in [3.8, 4) is 0 Å². The van der Waals surface area contributed by atoms with E-state index in [1.165, 1.54) is 18.0 Å². The Kier molecular flexibility index (Phi) is 1.99. The average molecular weight is 215 g/mol. The van der Waals surface area contributed by atoms with Crippen molar-refractivity contribution in [3.63, 3.8) is 0 Å². The zero-order valence-electron chi connectivity index (χ0n) is 7.93. The maximum absolute atomic E-state index is 12.6. The highest BCUT2D eigenvalue weighted by Crippen LogP contribution is 2.36. The Morgan fingerprint density at radius 1 is 1.33 bits per heavy atom. The summed E-state index contributed by atoms with van der Waals surface area (Å²) < 4.78 is 37.7. The van der Waals surface area contributed by atoms with Gasteiger partial charge in [-0.1, -0.05) is 12.1 Å². The first-order valence-corrected chi connectivity index (χ1v) is 4.36. The number of fused-ring (bicyclic) bond motifs is 1. The number of rotatable bonds is 0. The standard InChI is InChI=1S/C10H8F3NO/c1-14-5-6-3-2-4-7(10(11,12)13)8(6)9(14)15/h2-4H,5H2,1H3. The minimum atomic E-state index is -4.47. The number of amides is 1. The first-order chi connectivity index (χ1) is 6.91. The van der Waals surface area contributed by atoms with E-state index >= 15 is 0 Å². The molecule has 80 valence electrons. The number of halogens is 3. The van der Waals surface area contributed by atoms with Gasteiger partial charge in [-0.15, -0.1) is 0 Å². The molecule has 0 fully saturated rings. The molecule has 5 heteroatoms. The molecule has 0 saturated heterocycles. The predicted molar refractivity (Wildman–Crippen MR) is 47.2 cm³/mol. The van der Waals surface area contributed by atoms with E-state index in [9.17, 15) is 18.0 Å². The number of hydrogen-bond donors (Lipinski definition) is 0. The lowest BCUT2D eigenvalue weighted by Crippen LogP contribution is -2.20. The highest BCUT2D eigenvalue weighted by molar-refractivity contribution is 5.99. The van der Waals surface area contributed by atoms with Crippen molar-refractivity contribution in [1.29, 1.82) is 0 Å². The molecule has 0 spiro atoms. The van der Waals surface area contributed by atoms with Crippen LogP contribution in [0.3, 0.4) is 0 Å². The molecule has 2 rings (SSSR count). The monoisotopic (exact) mass is 215 g/mol. The molecule has 0 aliphatic carbocycles. The van der Waals surface area contributed by atoms with Gasteiger partial charge in [-0.3, -0.25) is 4.79 Å². The number of hydrogen-bond acceptors (Lipinski definition) is 1. The van der Waals surface area contributed by atoms with E-state index < -0.39 is 17.6 Å². The molecule has 0 saturated carbocycles. The van der Waals surface area contributed by atoms with E-state index in [0.717, 1.165) is 6.07 Å². The Morgan fingerprint density at radius 3 is 2.60 bits per heavy atom. The van der Waals surface area contributed by atoms with Crippen LogP contribution < -0.4 is 0 Å². The summed E-state index contributed by atoms with van der Waals surface area (Å²) in [6.45, 7) is 0.248. The summed E-state index contributed by atoms with van der Waals surface area (Å²) in [6.07, 6.45) is -4.47. The van der Waals surface area contributed by atoms with Crippen LogP contribution >= 0.6 is 0 Å². The number of carbonyl (C=O) groups is 1. The van der Waals surface area contributed by atoms with Gasteiger partial charge >= 0.3 is 6.18 Å². The summed E-state index contributed by atoms with van der Waals surface area (Å²) in [5.74, 6) is -0.557. The Labute approximate surface area is 84.3 Å². The van der Waals surface area contributed by atoms with E-state index in [2.05, 4.69) is 0 Å². The van der Waals surface area contributed by atoms with Crippen LogP contribution in [0.4, 0.5) is 13.2 Å². The fourth-order valence-electron chi connectivity index (χ4n) is 1.74. The first kappa shape index (κ1) is 10.0. The van der Waals surface area contributed by atoms with E-state index in [4.69, 9.17) is 0 Å². The smallest absolute Gasteiger partial charge is 0.337 e. The van der Waals surface area contributed by atoms with Gasteiger partial charge in [-0.05, 0) is 11.6 Å². The Morgan fingerprint density at radius 2 is 2.00 bits per heavy atom. The molecule has 1 amide bonds. The van der Waals surface area contributed by atoms with Gasteiger partial charge in [0.25, 0.3) is 5.91 Å². The summed E-state index contributed by atoms with van der Waals surface area (Å²) in [7, 11) is 1.49. The van der Waals surface area contributed by atoms with E-state index in [-0.39, 0.29) is 12.1 Å². The van der Waals surface area contributed by atoms with Crippen molar-refractivity contribution < 1.29 is 18.0 Å². The fourth-order valence-corrected chi connectivity index (χ4v) is 1.74. The number of carbonyl (C=O) groups excluding carboxylic acids is 1. The van der Waals surface area contributed by atoms with Gasteiger partial charge < -0.3 is 4.90 Å². The van der Waals surface area contributed by atoms with E-state index in [0.29, 0.717) is 5.56 Å². The van der Waals surface area contributed by atoms with Gasteiger partial charge in [0.15, 0.2) is 0 Å². The molecule has 1 aliphatic rings. The van der Waals surface area contributed by atoms with Gasteiger partial charge in [-0.2, -0.15) is 13.2 Å². The molecule has 1 heterocycles. The van der Waals surface area contributed by atoms with Crippen LogP contribution in [0, 0.1) is 0 Å².